The minimum atomic E-state index is 0.279. The predicted molar refractivity (Wildman–Crippen MR) is 110 cm³/mol. The van der Waals surface area contributed by atoms with Crippen LogP contribution in [-0.2, 0) is 17.6 Å². The van der Waals surface area contributed by atoms with E-state index < -0.39 is 0 Å². The molecule has 148 valence electrons. The van der Waals surface area contributed by atoms with Gasteiger partial charge in [0, 0.05) is 13.2 Å². The molecule has 3 nitrogen and oxygen atoms in total. The van der Waals surface area contributed by atoms with E-state index in [2.05, 4.69) is 25.1 Å². The molecule has 1 aromatic carbocycles. The van der Waals surface area contributed by atoms with Crippen LogP contribution in [0.3, 0.4) is 0 Å². The molecular weight excluding hydrogens is 322 g/mol. The Morgan fingerprint density at radius 1 is 1.12 bits per heavy atom. The first kappa shape index (κ1) is 21.4. The topological polar surface area (TPSA) is 55.5 Å². The minimum Gasteiger partial charge on any atom is -0.396 e. The zero-order chi connectivity index (χ0) is 18.6. The van der Waals surface area contributed by atoms with Crippen molar-refractivity contribution in [2.75, 3.05) is 19.8 Å². The quantitative estimate of drug-likeness (QED) is 0.499. The molecular formula is C23H39NO2. The molecule has 3 N–H and O–H groups in total. The molecule has 0 aliphatic heterocycles. The van der Waals surface area contributed by atoms with E-state index in [1.807, 2.05) is 0 Å². The molecule has 2 atom stereocenters. The average Bonchev–Trinajstić information content (AvgIpc) is 2.67. The van der Waals surface area contributed by atoms with Gasteiger partial charge in [0.15, 0.2) is 0 Å². The van der Waals surface area contributed by atoms with Gasteiger partial charge < -0.3 is 15.6 Å². The van der Waals surface area contributed by atoms with Crippen molar-refractivity contribution in [1.82, 2.24) is 0 Å². The van der Waals surface area contributed by atoms with Crippen LogP contribution in [-0.4, -0.2) is 31.0 Å². The van der Waals surface area contributed by atoms with Gasteiger partial charge in [-0.3, -0.25) is 0 Å². The van der Waals surface area contributed by atoms with E-state index in [0.29, 0.717) is 18.6 Å². The smallest absolute Gasteiger partial charge is 0.0618 e. The van der Waals surface area contributed by atoms with E-state index in [1.165, 1.54) is 48.8 Å². The van der Waals surface area contributed by atoms with Gasteiger partial charge in [0.2, 0.25) is 0 Å². The highest BCUT2D eigenvalue weighted by molar-refractivity contribution is 5.36. The summed E-state index contributed by atoms with van der Waals surface area (Å²) in [4.78, 5) is 0. The molecule has 0 bridgehead atoms. The van der Waals surface area contributed by atoms with Crippen LogP contribution in [0.4, 0.5) is 0 Å². The summed E-state index contributed by atoms with van der Waals surface area (Å²) in [7, 11) is 0. The number of hydrogen-bond donors (Lipinski definition) is 2. The van der Waals surface area contributed by atoms with Crippen LogP contribution in [0.2, 0.25) is 0 Å². The first-order valence-corrected chi connectivity index (χ1v) is 10.8. The van der Waals surface area contributed by atoms with Gasteiger partial charge in [0.1, 0.15) is 0 Å². The zero-order valence-electron chi connectivity index (χ0n) is 16.7. The number of aliphatic hydroxyl groups excluding tert-OH is 1. The van der Waals surface area contributed by atoms with E-state index in [9.17, 15) is 0 Å². The Hall–Kier alpha value is -0.900. The van der Waals surface area contributed by atoms with E-state index in [4.69, 9.17) is 15.6 Å². The standard InChI is InChI=1S/C23H39NO2/c1-2-3-4-5-8-15-26-23-13-12-19-16-20(10-11-21(19)17-23)22(18-24)9-6-7-14-25/h10-11,16,22-23,25H,2-9,12-15,17-18,24H2,1H3/t22-,23?/m0/s1. The molecule has 0 aromatic heterocycles. The maximum atomic E-state index is 8.98. The number of rotatable bonds is 13. The lowest BCUT2D eigenvalue weighted by Gasteiger charge is -2.26. The Morgan fingerprint density at radius 2 is 1.96 bits per heavy atom. The summed E-state index contributed by atoms with van der Waals surface area (Å²) in [5.41, 5.74) is 10.3. The number of hydrogen-bond acceptors (Lipinski definition) is 3. The molecule has 0 fully saturated rings. The molecule has 0 heterocycles. The van der Waals surface area contributed by atoms with Crippen LogP contribution in [0.25, 0.3) is 0 Å². The average molecular weight is 362 g/mol. The second kappa shape index (κ2) is 12.5. The number of fused-ring (bicyclic) bond motifs is 1. The second-order valence-corrected chi connectivity index (χ2v) is 7.83. The molecule has 0 saturated carbocycles. The summed E-state index contributed by atoms with van der Waals surface area (Å²) in [6.45, 7) is 4.14. The predicted octanol–water partition coefficient (Wildman–Crippen LogP) is 4.74. The van der Waals surface area contributed by atoms with Gasteiger partial charge >= 0.3 is 0 Å². The van der Waals surface area contributed by atoms with E-state index in [0.717, 1.165) is 45.1 Å². The van der Waals surface area contributed by atoms with Crippen molar-refractivity contribution in [3.05, 3.63) is 34.9 Å². The van der Waals surface area contributed by atoms with Crippen molar-refractivity contribution in [3.8, 4) is 0 Å². The Morgan fingerprint density at radius 3 is 2.73 bits per heavy atom. The van der Waals surface area contributed by atoms with Gasteiger partial charge in [0.05, 0.1) is 6.10 Å². The summed E-state index contributed by atoms with van der Waals surface area (Å²) in [6.07, 6.45) is 13.2. The third-order valence-corrected chi connectivity index (χ3v) is 5.73. The van der Waals surface area contributed by atoms with Gasteiger partial charge in [0.25, 0.3) is 0 Å². The number of aliphatic hydroxyl groups is 1. The molecule has 1 aliphatic carbocycles. The molecule has 1 aliphatic rings. The first-order chi connectivity index (χ1) is 12.8. The highest BCUT2D eigenvalue weighted by Gasteiger charge is 2.20. The molecule has 0 saturated heterocycles. The SMILES string of the molecule is CCCCCCCOC1CCc2cc([C@H](CN)CCCCO)ccc2C1. The lowest BCUT2D eigenvalue weighted by Crippen LogP contribution is -2.23. The Balaban J connectivity index is 1.80. The van der Waals surface area contributed by atoms with Gasteiger partial charge in [-0.1, -0.05) is 57.2 Å². The Bertz CT molecular complexity index is 503. The molecule has 3 heteroatoms. The number of ether oxygens (including phenoxy) is 1. The number of unbranched alkanes of at least 4 members (excludes halogenated alkanes) is 5. The van der Waals surface area contributed by atoms with Crippen LogP contribution >= 0.6 is 0 Å². The van der Waals surface area contributed by atoms with Crippen LogP contribution in [0.15, 0.2) is 18.2 Å². The monoisotopic (exact) mass is 361 g/mol. The van der Waals surface area contributed by atoms with Gasteiger partial charge in [-0.05, 0) is 67.7 Å². The fourth-order valence-corrected chi connectivity index (χ4v) is 4.02. The van der Waals surface area contributed by atoms with Crippen molar-refractivity contribution in [2.45, 2.75) is 89.6 Å². The minimum absolute atomic E-state index is 0.279. The Labute approximate surface area is 160 Å². The van der Waals surface area contributed by atoms with Crippen molar-refractivity contribution in [3.63, 3.8) is 0 Å². The number of benzene rings is 1. The molecule has 2 rings (SSSR count). The number of aryl methyl sites for hydroxylation is 1. The third-order valence-electron chi connectivity index (χ3n) is 5.73. The van der Waals surface area contributed by atoms with E-state index >= 15 is 0 Å². The first-order valence-electron chi connectivity index (χ1n) is 10.8. The zero-order valence-corrected chi connectivity index (χ0v) is 16.7. The van der Waals surface area contributed by atoms with Gasteiger partial charge in [-0.2, -0.15) is 0 Å². The van der Waals surface area contributed by atoms with E-state index in [-0.39, 0.29) is 6.61 Å². The van der Waals surface area contributed by atoms with Crippen molar-refractivity contribution in [1.29, 1.82) is 0 Å². The van der Waals surface area contributed by atoms with Crippen LogP contribution in [0.5, 0.6) is 0 Å². The highest BCUT2D eigenvalue weighted by atomic mass is 16.5. The lowest BCUT2D eigenvalue weighted by molar-refractivity contribution is 0.0417. The van der Waals surface area contributed by atoms with Crippen molar-refractivity contribution < 1.29 is 9.84 Å². The molecule has 26 heavy (non-hydrogen) atoms. The van der Waals surface area contributed by atoms with Crippen LogP contribution < -0.4 is 5.73 Å². The summed E-state index contributed by atoms with van der Waals surface area (Å²) in [6, 6.07) is 6.95. The molecule has 1 aromatic rings. The summed E-state index contributed by atoms with van der Waals surface area (Å²) in [5, 5.41) is 8.98. The summed E-state index contributed by atoms with van der Waals surface area (Å²) >= 11 is 0. The van der Waals surface area contributed by atoms with Crippen LogP contribution in [0, 0.1) is 0 Å². The summed E-state index contributed by atoms with van der Waals surface area (Å²) < 4.78 is 6.14. The van der Waals surface area contributed by atoms with E-state index in [1.54, 1.807) is 0 Å². The maximum Gasteiger partial charge on any atom is 0.0618 e. The highest BCUT2D eigenvalue weighted by Crippen LogP contribution is 2.29. The molecule has 0 amide bonds. The fraction of sp³-hybridized carbons (Fsp3) is 0.739. The maximum absolute atomic E-state index is 8.98. The second-order valence-electron chi connectivity index (χ2n) is 7.83. The third kappa shape index (κ3) is 7.02. The van der Waals surface area contributed by atoms with Crippen LogP contribution in [0.1, 0.15) is 87.3 Å². The Kier molecular flexibility index (Phi) is 10.3. The molecule has 1 unspecified atom stereocenters. The van der Waals surface area contributed by atoms with Crippen molar-refractivity contribution in [2.24, 2.45) is 5.73 Å². The van der Waals surface area contributed by atoms with Crippen molar-refractivity contribution >= 4 is 0 Å². The molecule has 0 radical (unpaired) electrons. The molecule has 0 spiro atoms. The summed E-state index contributed by atoms with van der Waals surface area (Å²) in [5.74, 6) is 0.420. The fourth-order valence-electron chi connectivity index (χ4n) is 4.02. The normalized spacial score (nSPS) is 17.9. The number of nitrogens with two attached hydrogens (primary N) is 1. The van der Waals surface area contributed by atoms with Gasteiger partial charge in [-0.15, -0.1) is 0 Å². The van der Waals surface area contributed by atoms with Gasteiger partial charge in [-0.25, -0.2) is 0 Å². The lowest BCUT2D eigenvalue weighted by atomic mass is 9.85. The largest absolute Gasteiger partial charge is 0.396 e.